The highest BCUT2D eigenvalue weighted by molar-refractivity contribution is 5.94. The molecule has 0 aromatic carbocycles. The van der Waals surface area contributed by atoms with Crippen LogP contribution in [0.3, 0.4) is 0 Å². The summed E-state index contributed by atoms with van der Waals surface area (Å²) in [4.78, 5) is 16.2. The number of pyridine rings is 1. The molecule has 2 rings (SSSR count). The molecule has 0 spiro atoms. The molecule has 1 amide bonds. The molecule has 0 unspecified atom stereocenters. The van der Waals surface area contributed by atoms with Crippen LogP contribution in [-0.4, -0.2) is 22.1 Å². The lowest BCUT2D eigenvalue weighted by Crippen LogP contribution is -2.30. The maximum Gasteiger partial charge on any atom is 0.253 e. The Morgan fingerprint density at radius 1 is 1.33 bits per heavy atom. The SMILES string of the molecule is CCCCc1noc(C)c1/C=C/c1ccc(C(=O)NC(C)C)cn1. The highest BCUT2D eigenvalue weighted by Gasteiger charge is 2.10. The van der Waals surface area contributed by atoms with Gasteiger partial charge in [-0.2, -0.15) is 0 Å². The molecule has 0 fully saturated rings. The predicted molar refractivity (Wildman–Crippen MR) is 95.6 cm³/mol. The lowest BCUT2D eigenvalue weighted by atomic mass is 10.1. The fourth-order valence-electron chi connectivity index (χ4n) is 2.32. The van der Waals surface area contributed by atoms with Gasteiger partial charge in [0.2, 0.25) is 0 Å². The molecule has 1 N–H and O–H groups in total. The molecule has 2 aromatic heterocycles. The zero-order valence-corrected chi connectivity index (χ0v) is 14.8. The predicted octanol–water partition coefficient (Wildman–Crippen LogP) is 4.03. The van der Waals surface area contributed by atoms with Crippen molar-refractivity contribution in [3.63, 3.8) is 0 Å². The van der Waals surface area contributed by atoms with E-state index in [1.165, 1.54) is 0 Å². The van der Waals surface area contributed by atoms with Crippen molar-refractivity contribution in [3.8, 4) is 0 Å². The third-order valence-corrected chi connectivity index (χ3v) is 3.64. The van der Waals surface area contributed by atoms with Crippen molar-refractivity contribution in [1.29, 1.82) is 0 Å². The van der Waals surface area contributed by atoms with Gasteiger partial charge >= 0.3 is 0 Å². The highest BCUT2D eigenvalue weighted by Crippen LogP contribution is 2.18. The minimum absolute atomic E-state index is 0.107. The van der Waals surface area contributed by atoms with E-state index in [2.05, 4.69) is 22.4 Å². The van der Waals surface area contributed by atoms with E-state index in [-0.39, 0.29) is 11.9 Å². The first kappa shape index (κ1) is 17.9. The minimum atomic E-state index is -0.107. The average Bonchev–Trinajstić information content (AvgIpc) is 2.90. The molecule has 0 aliphatic carbocycles. The number of carbonyl (C=O) groups excluding carboxylic acids is 1. The molecule has 2 aromatic rings. The number of aromatic nitrogens is 2. The number of amides is 1. The van der Waals surface area contributed by atoms with Crippen LogP contribution in [0.4, 0.5) is 0 Å². The molecule has 0 radical (unpaired) electrons. The van der Waals surface area contributed by atoms with Gasteiger partial charge in [0.25, 0.3) is 5.91 Å². The molecule has 0 saturated heterocycles. The van der Waals surface area contributed by atoms with Crippen LogP contribution in [0.15, 0.2) is 22.9 Å². The van der Waals surface area contributed by atoms with Gasteiger partial charge in [-0.25, -0.2) is 0 Å². The molecule has 5 nitrogen and oxygen atoms in total. The Morgan fingerprint density at radius 3 is 2.75 bits per heavy atom. The highest BCUT2D eigenvalue weighted by atomic mass is 16.5. The van der Waals surface area contributed by atoms with E-state index < -0.39 is 0 Å². The Kier molecular flexibility index (Phi) is 6.29. The fourth-order valence-corrected chi connectivity index (χ4v) is 2.32. The number of unbranched alkanes of at least 4 members (excludes halogenated alkanes) is 1. The second-order valence-electron chi connectivity index (χ2n) is 6.14. The van der Waals surface area contributed by atoms with Crippen molar-refractivity contribution in [3.05, 3.63) is 46.6 Å². The second-order valence-corrected chi connectivity index (χ2v) is 6.14. The molecule has 0 aliphatic rings. The maximum atomic E-state index is 11.9. The van der Waals surface area contributed by atoms with Crippen molar-refractivity contribution in [2.45, 2.75) is 53.0 Å². The van der Waals surface area contributed by atoms with Crippen molar-refractivity contribution in [2.75, 3.05) is 0 Å². The first-order valence-corrected chi connectivity index (χ1v) is 8.41. The summed E-state index contributed by atoms with van der Waals surface area (Å²) in [6, 6.07) is 3.72. The summed E-state index contributed by atoms with van der Waals surface area (Å²) in [5.74, 6) is 0.704. The molecule has 5 heteroatoms. The largest absolute Gasteiger partial charge is 0.361 e. The van der Waals surface area contributed by atoms with E-state index in [0.717, 1.165) is 42.0 Å². The molecule has 0 saturated carbocycles. The van der Waals surface area contributed by atoms with Gasteiger partial charge in [0.15, 0.2) is 0 Å². The number of hydrogen-bond donors (Lipinski definition) is 1. The molecular formula is C19H25N3O2. The zero-order chi connectivity index (χ0) is 17.5. The number of hydrogen-bond acceptors (Lipinski definition) is 4. The van der Waals surface area contributed by atoms with Crippen molar-refractivity contribution < 1.29 is 9.32 Å². The van der Waals surface area contributed by atoms with Crippen LogP contribution in [0.25, 0.3) is 12.2 Å². The Morgan fingerprint density at radius 2 is 2.12 bits per heavy atom. The fraction of sp³-hybridized carbons (Fsp3) is 0.421. The lowest BCUT2D eigenvalue weighted by molar-refractivity contribution is 0.0943. The van der Waals surface area contributed by atoms with E-state index in [0.29, 0.717) is 5.56 Å². The van der Waals surface area contributed by atoms with Crippen molar-refractivity contribution in [1.82, 2.24) is 15.5 Å². The first-order chi connectivity index (χ1) is 11.5. The summed E-state index contributed by atoms with van der Waals surface area (Å²) in [5, 5.41) is 6.98. The minimum Gasteiger partial charge on any atom is -0.361 e. The maximum absolute atomic E-state index is 11.9. The zero-order valence-electron chi connectivity index (χ0n) is 14.8. The number of nitrogens with zero attached hydrogens (tertiary/aromatic N) is 2. The molecular weight excluding hydrogens is 302 g/mol. The van der Waals surface area contributed by atoms with Gasteiger partial charge in [-0.05, 0) is 57.9 Å². The third kappa shape index (κ3) is 4.78. The normalized spacial score (nSPS) is 11.4. The summed E-state index contributed by atoms with van der Waals surface area (Å²) in [6.07, 6.45) is 8.61. The van der Waals surface area contributed by atoms with Crippen LogP contribution >= 0.6 is 0 Å². The van der Waals surface area contributed by atoms with Gasteiger partial charge in [0, 0.05) is 17.8 Å². The van der Waals surface area contributed by atoms with E-state index in [1.54, 1.807) is 12.3 Å². The summed E-state index contributed by atoms with van der Waals surface area (Å²) in [7, 11) is 0. The standard InChI is InChI=1S/C19H25N3O2/c1-5-6-7-18-17(14(4)24-22-18)11-10-16-9-8-15(12-20-16)19(23)21-13(2)3/h8-13H,5-7H2,1-4H3,(H,21,23)/b11-10+. The molecule has 0 aliphatic heterocycles. The molecule has 0 atom stereocenters. The molecule has 0 bridgehead atoms. The summed E-state index contributed by atoms with van der Waals surface area (Å²) >= 11 is 0. The Balaban J connectivity index is 2.10. The number of carbonyl (C=O) groups is 1. The average molecular weight is 327 g/mol. The van der Waals surface area contributed by atoms with Gasteiger partial charge in [-0.1, -0.05) is 18.5 Å². The smallest absolute Gasteiger partial charge is 0.253 e. The summed E-state index contributed by atoms with van der Waals surface area (Å²) < 4.78 is 5.29. The van der Waals surface area contributed by atoms with Crippen molar-refractivity contribution >= 4 is 18.1 Å². The monoisotopic (exact) mass is 327 g/mol. The van der Waals surface area contributed by atoms with Crippen LogP contribution in [-0.2, 0) is 6.42 Å². The summed E-state index contributed by atoms with van der Waals surface area (Å²) in [6.45, 7) is 7.93. The van der Waals surface area contributed by atoms with E-state index in [4.69, 9.17) is 4.52 Å². The Labute approximate surface area is 143 Å². The summed E-state index contributed by atoms with van der Waals surface area (Å²) in [5.41, 5.74) is 3.36. The number of nitrogens with one attached hydrogen (secondary N) is 1. The van der Waals surface area contributed by atoms with Crippen LogP contribution in [0.2, 0.25) is 0 Å². The van der Waals surface area contributed by atoms with Crippen LogP contribution in [0.5, 0.6) is 0 Å². The van der Waals surface area contributed by atoms with Crippen molar-refractivity contribution in [2.24, 2.45) is 0 Å². The first-order valence-electron chi connectivity index (χ1n) is 8.41. The lowest BCUT2D eigenvalue weighted by Gasteiger charge is -2.07. The third-order valence-electron chi connectivity index (χ3n) is 3.64. The second kappa shape index (κ2) is 8.43. The Hall–Kier alpha value is -2.43. The van der Waals surface area contributed by atoms with Gasteiger partial charge in [0.05, 0.1) is 17.0 Å². The number of rotatable bonds is 7. The molecule has 2 heterocycles. The van der Waals surface area contributed by atoms with E-state index >= 15 is 0 Å². The quantitative estimate of drug-likeness (QED) is 0.833. The van der Waals surface area contributed by atoms with Crippen LogP contribution in [0, 0.1) is 6.92 Å². The van der Waals surface area contributed by atoms with Crippen LogP contribution in [0.1, 0.15) is 66.7 Å². The molecule has 24 heavy (non-hydrogen) atoms. The molecule has 128 valence electrons. The topological polar surface area (TPSA) is 68.0 Å². The van der Waals surface area contributed by atoms with Gasteiger partial charge in [0.1, 0.15) is 5.76 Å². The van der Waals surface area contributed by atoms with Crippen LogP contribution < -0.4 is 5.32 Å². The van der Waals surface area contributed by atoms with E-state index in [1.807, 2.05) is 39.0 Å². The van der Waals surface area contributed by atoms with Gasteiger partial charge in [-0.15, -0.1) is 0 Å². The Bertz CT molecular complexity index is 700. The van der Waals surface area contributed by atoms with E-state index in [9.17, 15) is 4.79 Å². The van der Waals surface area contributed by atoms with Gasteiger partial charge < -0.3 is 9.84 Å². The van der Waals surface area contributed by atoms with Gasteiger partial charge in [-0.3, -0.25) is 9.78 Å². The number of aryl methyl sites for hydroxylation is 2.